The lowest BCUT2D eigenvalue weighted by atomic mass is 9.84. The first kappa shape index (κ1) is 93.8. The smallest absolute Gasteiger partial charge is 0.0464 e. The van der Waals surface area contributed by atoms with Crippen LogP contribution in [0, 0.1) is 27.7 Å². The Balaban J connectivity index is 0.000000264. The molecule has 16 rings (SSSR count). The van der Waals surface area contributed by atoms with Crippen LogP contribution >= 0.6 is 0 Å². The Kier molecular flexibility index (Phi) is 33.6. The lowest BCUT2D eigenvalue weighted by molar-refractivity contribution is 0.664. The Morgan fingerprint density at radius 2 is 0.379 bits per heavy atom. The van der Waals surface area contributed by atoms with Crippen LogP contribution in [0.15, 0.2) is 364 Å². The Labute approximate surface area is 792 Å². The van der Waals surface area contributed by atoms with Crippen LogP contribution in [-0.2, 0) is 38.5 Å². The summed E-state index contributed by atoms with van der Waals surface area (Å²) in [5, 5.41) is 0. The van der Waals surface area contributed by atoms with Crippen LogP contribution in [0.5, 0.6) is 0 Å². The van der Waals surface area contributed by atoms with E-state index < -0.39 is 0 Å². The normalized spacial score (nSPS) is 11.2. The summed E-state index contributed by atoms with van der Waals surface area (Å²) in [4.78, 5) is 4.88. The molecule has 0 atom stereocenters. The van der Waals surface area contributed by atoms with E-state index in [2.05, 4.69) is 443 Å². The second-order valence-electron chi connectivity index (χ2n) is 36.9. The van der Waals surface area contributed by atoms with Crippen LogP contribution in [-0.4, -0.2) is 0 Å². The minimum atomic E-state index is 1.04. The van der Waals surface area contributed by atoms with Crippen molar-refractivity contribution in [1.29, 1.82) is 0 Å². The lowest BCUT2D eigenvalue weighted by Gasteiger charge is -2.28. The van der Waals surface area contributed by atoms with E-state index in [1.807, 2.05) is 0 Å². The molecule has 16 aromatic rings. The molecule has 0 radical (unpaired) electrons. The van der Waals surface area contributed by atoms with Crippen molar-refractivity contribution in [2.24, 2.45) is 0 Å². The van der Waals surface area contributed by atoms with Crippen molar-refractivity contribution in [2.45, 2.75) is 223 Å². The maximum absolute atomic E-state index is 2.61. The molecule has 0 aliphatic carbocycles. The van der Waals surface area contributed by atoms with Gasteiger partial charge in [0, 0.05) is 34.1 Å². The van der Waals surface area contributed by atoms with E-state index in [0.29, 0.717) is 0 Å². The summed E-state index contributed by atoms with van der Waals surface area (Å²) in [5.41, 5.74) is 46.4. The molecule has 0 unspecified atom stereocenters. The van der Waals surface area contributed by atoms with E-state index >= 15 is 0 Å². The zero-order chi connectivity index (χ0) is 91.3. The number of unbranched alkanes of at least 4 members (excludes halogenated alkanes) is 12. The minimum Gasteiger partial charge on any atom is -0.310 e. The molecular formula is C130H138N2. The second kappa shape index (κ2) is 47.3. The first-order valence-electron chi connectivity index (χ1n) is 50.0. The molecule has 0 bridgehead atoms. The number of rotatable bonds is 40. The van der Waals surface area contributed by atoms with Crippen molar-refractivity contribution >= 4 is 34.1 Å². The number of anilines is 6. The van der Waals surface area contributed by atoms with Gasteiger partial charge in [-0.15, -0.1) is 0 Å². The van der Waals surface area contributed by atoms with Crippen molar-refractivity contribution in [1.82, 2.24) is 0 Å². The van der Waals surface area contributed by atoms with Gasteiger partial charge in [-0.3, -0.25) is 0 Å². The molecule has 0 amide bonds. The summed E-state index contributed by atoms with van der Waals surface area (Å²) in [6.45, 7) is 22.7. The van der Waals surface area contributed by atoms with E-state index in [-0.39, 0.29) is 0 Å². The molecule has 0 spiro atoms. The Morgan fingerprint density at radius 1 is 0.159 bits per heavy atom. The van der Waals surface area contributed by atoms with Gasteiger partial charge in [0.15, 0.2) is 0 Å². The predicted molar refractivity (Wildman–Crippen MR) is 575 cm³/mol. The van der Waals surface area contributed by atoms with E-state index in [9.17, 15) is 0 Å². The average Bonchev–Trinajstić information content (AvgIpc) is 0.768. The molecule has 0 fully saturated rings. The first-order chi connectivity index (χ1) is 64.8. The second-order valence-corrected chi connectivity index (χ2v) is 36.9. The van der Waals surface area contributed by atoms with E-state index in [1.54, 1.807) is 0 Å². The monoisotopic (exact) mass is 1730 g/mol. The van der Waals surface area contributed by atoms with Crippen molar-refractivity contribution in [2.75, 3.05) is 9.80 Å². The standard InChI is InChI=1S/C88H92N2.C42H46/c1-9-13-15-17-21-77-61-88(86-58-56-84(60-66(86)8)90(80-49-41-74(42-50-80)70-33-25-64(6)26-34-70)82-53-45-76(46-54-82)72-37-29-68(20-12-4)30-38-72)78(22-18-16-14-10-2)62-87(77)85-57-55-83(59-65(85)7)89(79-47-39-73(40-48-79)69-31-23-63(5)24-32-69)81-51-43-75(44-52-81)71-35-27-67(19-11-3)28-36-71;1-3-5-7-11-21-39-31-42(38-29-25-36(26-30-38)34-19-15-10-16-20-34)40(22-12-8-6-4-2)32-41(39)37-27-23-35(24-28-37)33-17-13-9-14-18-33/h23-62H,9-22H2,1-8H3;9-10,13-20,23-32H,3-8,11-12,21-22H2,1-2H3. The van der Waals surface area contributed by atoms with Gasteiger partial charge < -0.3 is 9.80 Å². The largest absolute Gasteiger partial charge is 0.310 e. The number of hydrogen-bond acceptors (Lipinski definition) is 2. The molecule has 16 aromatic carbocycles. The first-order valence-corrected chi connectivity index (χ1v) is 50.0. The third-order valence-corrected chi connectivity index (χ3v) is 26.9. The summed E-state index contributed by atoms with van der Waals surface area (Å²) in [6.07, 6.45) is 28.8. The van der Waals surface area contributed by atoms with Crippen LogP contribution in [0.2, 0.25) is 0 Å². The highest BCUT2D eigenvalue weighted by atomic mass is 15.1. The Morgan fingerprint density at radius 3 is 0.636 bits per heavy atom. The molecule has 2 heteroatoms. The molecule has 2 nitrogen and oxygen atoms in total. The molecule has 668 valence electrons. The van der Waals surface area contributed by atoms with Gasteiger partial charge in [-0.25, -0.2) is 0 Å². The number of benzene rings is 16. The van der Waals surface area contributed by atoms with Crippen LogP contribution in [0.4, 0.5) is 34.1 Å². The van der Waals surface area contributed by atoms with Gasteiger partial charge in [0.05, 0.1) is 0 Å². The van der Waals surface area contributed by atoms with Gasteiger partial charge in [-0.05, 0) is 320 Å². The molecular weight excluding hydrogens is 1590 g/mol. The van der Waals surface area contributed by atoms with Gasteiger partial charge in [0.2, 0.25) is 0 Å². The van der Waals surface area contributed by atoms with Crippen LogP contribution < -0.4 is 9.80 Å². The average molecular weight is 1730 g/mol. The van der Waals surface area contributed by atoms with Crippen LogP contribution in [0.1, 0.15) is 213 Å². The lowest BCUT2D eigenvalue weighted by Crippen LogP contribution is -2.10. The molecule has 0 aliphatic heterocycles. The third kappa shape index (κ3) is 24.3. The summed E-state index contributed by atoms with van der Waals surface area (Å²) in [7, 11) is 0. The highest BCUT2D eigenvalue weighted by Gasteiger charge is 2.23. The van der Waals surface area contributed by atoms with Gasteiger partial charge in [0.25, 0.3) is 0 Å². The number of nitrogens with zero attached hydrogens (tertiary/aromatic N) is 2. The number of hydrogen-bond donors (Lipinski definition) is 0. The van der Waals surface area contributed by atoms with Crippen molar-refractivity contribution in [3.63, 3.8) is 0 Å². The number of aryl methyl sites for hydroxylation is 10. The van der Waals surface area contributed by atoms with Crippen LogP contribution in [0.25, 0.3) is 111 Å². The fourth-order valence-corrected chi connectivity index (χ4v) is 19.2. The Bertz CT molecular complexity index is 5870. The van der Waals surface area contributed by atoms with Crippen LogP contribution in [0.3, 0.4) is 0 Å². The molecule has 0 N–H and O–H groups in total. The van der Waals surface area contributed by atoms with Gasteiger partial charge in [0.1, 0.15) is 0 Å². The molecule has 0 saturated heterocycles. The molecule has 0 heterocycles. The fraction of sp³-hybridized carbons (Fsp3) is 0.262. The molecule has 132 heavy (non-hydrogen) atoms. The Hall–Kier alpha value is -12.9. The zero-order valence-electron chi connectivity index (χ0n) is 80.5. The summed E-state index contributed by atoms with van der Waals surface area (Å²) in [6, 6.07) is 137. The maximum Gasteiger partial charge on any atom is 0.0464 e. The summed E-state index contributed by atoms with van der Waals surface area (Å²) >= 11 is 0. The van der Waals surface area contributed by atoms with Gasteiger partial charge in [-0.1, -0.05) is 434 Å². The SMILES string of the molecule is CCCCCCc1cc(-c2ccc(-c3ccccc3)cc2)c(CCCCCC)cc1-c1ccc(-c2ccccc2)cc1.CCCCCCc1cc(-c2ccc(N(c3ccc(-c4ccc(C)cc4)cc3)c3ccc(-c4ccc(CCC)cc4)cc3)cc2C)c(CCCCCC)cc1-c1ccc(N(c2ccc(-c3ccc(C)cc3)cc2)c2ccc(-c3ccc(CCC)cc3)cc2)cc1C. The summed E-state index contributed by atoms with van der Waals surface area (Å²) in [5.74, 6) is 0. The van der Waals surface area contributed by atoms with Gasteiger partial charge in [-0.2, -0.15) is 0 Å². The highest BCUT2D eigenvalue weighted by Crippen LogP contribution is 2.46. The topological polar surface area (TPSA) is 6.48 Å². The fourth-order valence-electron chi connectivity index (χ4n) is 19.2. The van der Waals surface area contributed by atoms with Crippen molar-refractivity contribution in [3.05, 3.63) is 420 Å². The predicted octanol–water partition coefficient (Wildman–Crippen LogP) is 38.6. The van der Waals surface area contributed by atoms with E-state index in [1.165, 1.54) is 257 Å². The quantitative estimate of drug-likeness (QED) is 0.0353. The van der Waals surface area contributed by atoms with E-state index in [4.69, 9.17) is 0 Å². The third-order valence-electron chi connectivity index (χ3n) is 26.9. The summed E-state index contributed by atoms with van der Waals surface area (Å²) < 4.78 is 0. The molecule has 0 aliphatic rings. The molecule has 0 saturated carbocycles. The maximum atomic E-state index is 2.61. The van der Waals surface area contributed by atoms with E-state index in [0.717, 1.165) is 98.3 Å². The van der Waals surface area contributed by atoms with Crippen molar-refractivity contribution in [3.8, 4) is 111 Å². The molecule has 0 aromatic heterocycles. The highest BCUT2D eigenvalue weighted by molar-refractivity contribution is 5.88. The van der Waals surface area contributed by atoms with Gasteiger partial charge >= 0.3 is 0 Å². The zero-order valence-corrected chi connectivity index (χ0v) is 80.5. The van der Waals surface area contributed by atoms with Crippen molar-refractivity contribution < 1.29 is 0 Å². The minimum absolute atomic E-state index is 1.04.